The molecular formula is C13H17N5. The standard InChI is InChI=1S/C13H17N5/c1-14-8-9-18(2)13-6-5-12(16-17-13)11-4-3-7-15-10-11/h3-7,10,14H,8-9H2,1-2H3. The van der Waals surface area contributed by atoms with Crippen molar-refractivity contribution in [1.29, 1.82) is 0 Å². The normalized spacial score (nSPS) is 10.3. The predicted molar refractivity (Wildman–Crippen MR) is 72.5 cm³/mol. The molecule has 5 nitrogen and oxygen atoms in total. The van der Waals surface area contributed by atoms with Crippen LogP contribution in [0, 0.1) is 0 Å². The van der Waals surface area contributed by atoms with Gasteiger partial charge >= 0.3 is 0 Å². The van der Waals surface area contributed by atoms with Gasteiger partial charge in [-0.3, -0.25) is 4.98 Å². The molecule has 2 aromatic heterocycles. The van der Waals surface area contributed by atoms with Crippen molar-refractivity contribution >= 4 is 5.82 Å². The number of aromatic nitrogens is 3. The number of hydrogen-bond acceptors (Lipinski definition) is 5. The summed E-state index contributed by atoms with van der Waals surface area (Å²) in [6, 6.07) is 7.81. The lowest BCUT2D eigenvalue weighted by molar-refractivity contribution is 0.756. The van der Waals surface area contributed by atoms with Crippen molar-refractivity contribution in [3.63, 3.8) is 0 Å². The van der Waals surface area contributed by atoms with Gasteiger partial charge in [-0.15, -0.1) is 10.2 Å². The fraction of sp³-hybridized carbons (Fsp3) is 0.308. The molecule has 0 amide bonds. The Morgan fingerprint density at radius 3 is 2.72 bits per heavy atom. The average Bonchev–Trinajstić information content (AvgIpc) is 2.46. The summed E-state index contributed by atoms with van der Waals surface area (Å²) in [5, 5.41) is 11.6. The molecule has 0 saturated carbocycles. The van der Waals surface area contributed by atoms with E-state index >= 15 is 0 Å². The summed E-state index contributed by atoms with van der Waals surface area (Å²) in [5.74, 6) is 0.873. The molecule has 2 heterocycles. The molecule has 0 aliphatic carbocycles. The Bertz CT molecular complexity index is 469. The molecule has 0 spiro atoms. The molecule has 1 N–H and O–H groups in total. The molecule has 2 aromatic rings. The highest BCUT2D eigenvalue weighted by Crippen LogP contribution is 2.16. The highest BCUT2D eigenvalue weighted by molar-refractivity contribution is 5.58. The van der Waals surface area contributed by atoms with E-state index in [0.717, 1.165) is 30.2 Å². The first kappa shape index (κ1) is 12.4. The molecule has 0 aliphatic heterocycles. The number of rotatable bonds is 5. The summed E-state index contributed by atoms with van der Waals surface area (Å²) in [6.45, 7) is 1.82. The van der Waals surface area contributed by atoms with Crippen LogP contribution in [0.4, 0.5) is 5.82 Å². The van der Waals surface area contributed by atoms with Gasteiger partial charge in [-0.1, -0.05) is 0 Å². The van der Waals surface area contributed by atoms with Crippen molar-refractivity contribution in [2.45, 2.75) is 0 Å². The first-order valence-corrected chi connectivity index (χ1v) is 5.91. The van der Waals surface area contributed by atoms with E-state index in [9.17, 15) is 0 Å². The summed E-state index contributed by atoms with van der Waals surface area (Å²) in [4.78, 5) is 6.14. The highest BCUT2D eigenvalue weighted by atomic mass is 15.2. The van der Waals surface area contributed by atoms with E-state index in [1.807, 2.05) is 38.4 Å². The summed E-state index contributed by atoms with van der Waals surface area (Å²) >= 11 is 0. The van der Waals surface area contributed by atoms with Crippen molar-refractivity contribution < 1.29 is 0 Å². The Morgan fingerprint density at radius 2 is 2.11 bits per heavy atom. The second kappa shape index (κ2) is 6.07. The maximum atomic E-state index is 4.23. The minimum absolute atomic E-state index is 0.842. The Hall–Kier alpha value is -2.01. The van der Waals surface area contributed by atoms with Gasteiger partial charge in [-0.05, 0) is 31.3 Å². The summed E-state index contributed by atoms with van der Waals surface area (Å²) < 4.78 is 0. The number of nitrogens with one attached hydrogen (secondary N) is 1. The van der Waals surface area contributed by atoms with E-state index in [2.05, 4.69) is 25.4 Å². The van der Waals surface area contributed by atoms with Gasteiger partial charge in [0.05, 0.1) is 5.69 Å². The molecule has 5 heteroatoms. The van der Waals surface area contributed by atoms with Crippen molar-refractivity contribution in [2.75, 3.05) is 32.1 Å². The van der Waals surface area contributed by atoms with E-state index in [0.29, 0.717) is 0 Å². The molecule has 0 bridgehead atoms. The molecule has 0 aromatic carbocycles. The maximum absolute atomic E-state index is 4.23. The largest absolute Gasteiger partial charge is 0.357 e. The molecule has 0 fully saturated rings. The molecule has 18 heavy (non-hydrogen) atoms. The summed E-state index contributed by atoms with van der Waals surface area (Å²) in [5.41, 5.74) is 1.82. The van der Waals surface area contributed by atoms with E-state index in [4.69, 9.17) is 0 Å². The van der Waals surface area contributed by atoms with Crippen molar-refractivity contribution in [3.05, 3.63) is 36.7 Å². The molecule has 0 radical (unpaired) electrons. The number of hydrogen-bond donors (Lipinski definition) is 1. The first-order chi connectivity index (χ1) is 8.81. The Morgan fingerprint density at radius 1 is 1.22 bits per heavy atom. The predicted octanol–water partition coefficient (Wildman–Crippen LogP) is 1.19. The first-order valence-electron chi connectivity index (χ1n) is 5.91. The smallest absolute Gasteiger partial charge is 0.151 e. The second-order valence-electron chi connectivity index (χ2n) is 4.04. The zero-order valence-electron chi connectivity index (χ0n) is 10.7. The summed E-state index contributed by atoms with van der Waals surface area (Å²) in [7, 11) is 3.94. The fourth-order valence-electron chi connectivity index (χ4n) is 1.59. The SMILES string of the molecule is CNCCN(C)c1ccc(-c2cccnc2)nn1. The number of pyridine rings is 1. The van der Waals surface area contributed by atoms with Crippen LogP contribution in [0.3, 0.4) is 0 Å². The highest BCUT2D eigenvalue weighted by Gasteiger charge is 2.04. The topological polar surface area (TPSA) is 53.9 Å². The van der Waals surface area contributed by atoms with Gasteiger partial charge in [0, 0.05) is 38.1 Å². The average molecular weight is 243 g/mol. The van der Waals surface area contributed by atoms with E-state index < -0.39 is 0 Å². The van der Waals surface area contributed by atoms with E-state index in [1.54, 1.807) is 12.4 Å². The van der Waals surface area contributed by atoms with Crippen LogP contribution >= 0.6 is 0 Å². The van der Waals surface area contributed by atoms with Crippen LogP contribution in [-0.2, 0) is 0 Å². The lowest BCUT2D eigenvalue weighted by atomic mass is 10.2. The number of nitrogens with zero attached hydrogens (tertiary/aromatic N) is 4. The zero-order valence-corrected chi connectivity index (χ0v) is 10.7. The zero-order chi connectivity index (χ0) is 12.8. The van der Waals surface area contributed by atoms with Gasteiger partial charge in [0.25, 0.3) is 0 Å². The molecule has 0 aliphatic rings. The Kier molecular flexibility index (Phi) is 4.20. The van der Waals surface area contributed by atoms with Crippen molar-refractivity contribution in [1.82, 2.24) is 20.5 Å². The molecule has 2 rings (SSSR count). The molecule has 0 saturated heterocycles. The number of likely N-dealkylation sites (N-methyl/N-ethyl adjacent to an activating group) is 2. The third kappa shape index (κ3) is 3.01. The second-order valence-corrected chi connectivity index (χ2v) is 4.04. The van der Waals surface area contributed by atoms with Crippen LogP contribution in [0.25, 0.3) is 11.3 Å². The van der Waals surface area contributed by atoms with Gasteiger partial charge in [0.15, 0.2) is 5.82 Å². The van der Waals surface area contributed by atoms with Gasteiger partial charge in [-0.2, -0.15) is 0 Å². The van der Waals surface area contributed by atoms with Gasteiger partial charge < -0.3 is 10.2 Å². The molecule has 0 unspecified atom stereocenters. The molecule has 94 valence electrons. The van der Waals surface area contributed by atoms with Gasteiger partial charge in [0.2, 0.25) is 0 Å². The monoisotopic (exact) mass is 243 g/mol. The quantitative estimate of drug-likeness (QED) is 0.855. The van der Waals surface area contributed by atoms with Crippen LogP contribution in [0.1, 0.15) is 0 Å². The van der Waals surface area contributed by atoms with Gasteiger partial charge in [-0.25, -0.2) is 0 Å². The third-order valence-electron chi connectivity index (χ3n) is 2.70. The maximum Gasteiger partial charge on any atom is 0.151 e. The Balaban J connectivity index is 2.10. The molecule has 0 atom stereocenters. The molecular weight excluding hydrogens is 226 g/mol. The van der Waals surface area contributed by atoms with Crippen molar-refractivity contribution in [3.8, 4) is 11.3 Å². The van der Waals surface area contributed by atoms with E-state index in [1.165, 1.54) is 0 Å². The third-order valence-corrected chi connectivity index (χ3v) is 2.70. The summed E-state index contributed by atoms with van der Waals surface area (Å²) in [6.07, 6.45) is 3.53. The lowest BCUT2D eigenvalue weighted by Crippen LogP contribution is -2.27. The van der Waals surface area contributed by atoms with Crippen LogP contribution in [0.2, 0.25) is 0 Å². The van der Waals surface area contributed by atoms with Crippen LogP contribution < -0.4 is 10.2 Å². The van der Waals surface area contributed by atoms with Crippen LogP contribution in [-0.4, -0.2) is 42.4 Å². The lowest BCUT2D eigenvalue weighted by Gasteiger charge is -2.17. The van der Waals surface area contributed by atoms with Crippen molar-refractivity contribution in [2.24, 2.45) is 0 Å². The van der Waals surface area contributed by atoms with Crippen LogP contribution in [0.15, 0.2) is 36.7 Å². The van der Waals surface area contributed by atoms with E-state index in [-0.39, 0.29) is 0 Å². The minimum Gasteiger partial charge on any atom is -0.357 e. The minimum atomic E-state index is 0.842. The van der Waals surface area contributed by atoms with Gasteiger partial charge in [0.1, 0.15) is 0 Å². The van der Waals surface area contributed by atoms with Crippen LogP contribution in [0.5, 0.6) is 0 Å². The fourth-order valence-corrected chi connectivity index (χ4v) is 1.59. The Labute approximate surface area is 107 Å². The number of anilines is 1.